The van der Waals surface area contributed by atoms with E-state index >= 15 is 0 Å². The van der Waals surface area contributed by atoms with Crippen LogP contribution in [0.1, 0.15) is 78.6 Å². The molecule has 4 aliphatic rings. The molecule has 0 saturated heterocycles. The van der Waals surface area contributed by atoms with Gasteiger partial charge in [-0.05, 0) is 97.7 Å². The van der Waals surface area contributed by atoms with E-state index in [1.807, 2.05) is 0 Å². The summed E-state index contributed by atoms with van der Waals surface area (Å²) in [6.45, 7) is 6.56. The van der Waals surface area contributed by atoms with E-state index in [2.05, 4.69) is 26.1 Å². The fourth-order valence-electron chi connectivity index (χ4n) is 9.10. The molecule has 11 atom stereocenters. The van der Waals surface area contributed by atoms with Crippen LogP contribution in [0.3, 0.4) is 0 Å². The van der Waals surface area contributed by atoms with Crippen molar-refractivity contribution in [3.63, 3.8) is 0 Å². The van der Waals surface area contributed by atoms with Gasteiger partial charge in [-0.3, -0.25) is 9.35 Å². The van der Waals surface area contributed by atoms with Gasteiger partial charge < -0.3 is 20.6 Å². The maximum absolute atomic E-state index is 12.2. The minimum atomic E-state index is -4.10. The molecule has 4 unspecified atom stereocenters. The van der Waals surface area contributed by atoms with Crippen LogP contribution in [0.15, 0.2) is 0 Å². The van der Waals surface area contributed by atoms with E-state index < -0.39 is 28.1 Å². The Morgan fingerprint density at radius 1 is 1.06 bits per heavy atom. The van der Waals surface area contributed by atoms with E-state index in [9.17, 15) is 28.5 Å². The molecule has 0 aromatic carbocycles. The van der Waals surface area contributed by atoms with Crippen LogP contribution in [0.5, 0.6) is 0 Å². The second-order valence-electron chi connectivity index (χ2n) is 12.7. The zero-order chi connectivity index (χ0) is 25.8. The first-order valence-corrected chi connectivity index (χ1v) is 15.1. The Morgan fingerprint density at radius 3 is 2.46 bits per heavy atom. The van der Waals surface area contributed by atoms with Gasteiger partial charge in [0.2, 0.25) is 5.91 Å². The zero-order valence-corrected chi connectivity index (χ0v) is 22.2. The summed E-state index contributed by atoms with van der Waals surface area (Å²) in [5.74, 6) is 0.705. The predicted molar refractivity (Wildman–Crippen MR) is 132 cm³/mol. The first kappa shape index (κ1) is 27.3. The fourth-order valence-corrected chi connectivity index (χ4v) is 9.46. The third-order valence-corrected chi connectivity index (χ3v) is 11.7. The van der Waals surface area contributed by atoms with E-state index in [-0.39, 0.29) is 65.4 Å². The maximum Gasteiger partial charge on any atom is 0.266 e. The molecule has 0 aliphatic heterocycles. The molecule has 35 heavy (non-hydrogen) atoms. The van der Waals surface area contributed by atoms with Crippen LogP contribution in [0.2, 0.25) is 0 Å². The molecule has 4 saturated carbocycles. The number of carbonyl (C=O) groups excluding carboxylic acids is 1. The Kier molecular flexibility index (Phi) is 7.69. The number of fused-ring (bicyclic) bond motifs is 5. The molecule has 0 aromatic heterocycles. The molecule has 0 heterocycles. The molecule has 0 aromatic rings. The Bertz CT molecular complexity index is 896. The molecule has 4 aliphatic carbocycles. The third-order valence-electron chi connectivity index (χ3n) is 11.0. The summed E-state index contributed by atoms with van der Waals surface area (Å²) < 4.78 is 30.5. The highest BCUT2D eigenvalue weighted by molar-refractivity contribution is 7.85. The van der Waals surface area contributed by atoms with Crippen LogP contribution in [0, 0.1) is 46.3 Å². The van der Waals surface area contributed by atoms with E-state index in [0.29, 0.717) is 18.8 Å². The van der Waals surface area contributed by atoms with Crippen molar-refractivity contribution in [2.24, 2.45) is 46.3 Å². The van der Waals surface area contributed by atoms with Crippen LogP contribution < -0.4 is 5.32 Å². The molecule has 4 rings (SSSR count). The summed E-state index contributed by atoms with van der Waals surface area (Å²) >= 11 is 0. The highest BCUT2D eigenvalue weighted by atomic mass is 32.2. The second-order valence-corrected chi connectivity index (χ2v) is 14.2. The highest BCUT2D eigenvalue weighted by Gasteiger charge is 2.65. The zero-order valence-electron chi connectivity index (χ0n) is 21.4. The van der Waals surface area contributed by atoms with Gasteiger partial charge in [0.15, 0.2) is 0 Å². The second kappa shape index (κ2) is 9.86. The summed E-state index contributed by atoms with van der Waals surface area (Å²) in [6.07, 6.45) is 5.67. The van der Waals surface area contributed by atoms with Gasteiger partial charge in [0.1, 0.15) is 0 Å². The van der Waals surface area contributed by atoms with Gasteiger partial charge in [0, 0.05) is 13.0 Å². The van der Waals surface area contributed by atoms with Gasteiger partial charge in [0.25, 0.3) is 10.1 Å². The lowest BCUT2D eigenvalue weighted by Gasteiger charge is -2.63. The van der Waals surface area contributed by atoms with Crippen LogP contribution in [0.4, 0.5) is 0 Å². The molecule has 0 bridgehead atoms. The first-order chi connectivity index (χ1) is 16.3. The predicted octanol–water partition coefficient (Wildman–Crippen LogP) is 2.37. The Labute approximate surface area is 210 Å². The van der Waals surface area contributed by atoms with Crippen molar-refractivity contribution in [2.45, 2.75) is 96.9 Å². The van der Waals surface area contributed by atoms with Gasteiger partial charge >= 0.3 is 0 Å². The van der Waals surface area contributed by atoms with Crippen molar-refractivity contribution in [3.05, 3.63) is 0 Å². The van der Waals surface area contributed by atoms with Crippen molar-refractivity contribution >= 4 is 16.0 Å². The Hall–Kier alpha value is -0.740. The molecule has 9 heteroatoms. The lowest BCUT2D eigenvalue weighted by molar-refractivity contribution is -0.207. The molecule has 5 N–H and O–H groups in total. The van der Waals surface area contributed by atoms with E-state index in [0.717, 1.165) is 38.5 Å². The molecule has 4 fully saturated rings. The summed E-state index contributed by atoms with van der Waals surface area (Å²) in [7, 11) is -4.10. The average Bonchev–Trinajstić information content (AvgIpc) is 3.12. The Balaban J connectivity index is 1.43. The molecule has 202 valence electrons. The molecular formula is C26H45NO7S. The first-order valence-electron chi connectivity index (χ1n) is 13.5. The molecule has 8 nitrogen and oxygen atoms in total. The Morgan fingerprint density at radius 2 is 1.77 bits per heavy atom. The number of amides is 1. The number of rotatable bonds is 7. The standard InChI is InChI=1S/C26H45NO7S/c1-15(4-7-23(31)27-10-11-35(32,33)34)18-5-6-19-24-20(14-22(30)26(18,19)3)25(2)9-8-17(28)12-16(25)13-21(24)29/h15-22,24,28-30H,4-14H2,1-3H3,(H,27,31)(H,32,33,34)/t15-,16+,17-,18-,19?,20?,21?,22+,24?,25+,26-/m0/s1. The largest absolute Gasteiger partial charge is 0.393 e. The smallest absolute Gasteiger partial charge is 0.266 e. The number of aliphatic hydroxyl groups excluding tert-OH is 3. The SMILES string of the molecule is C[C@@H](CCC(=O)NCCS(=O)(=O)O)[C@@H]1CCC2C3C(O)C[C@H]4C[C@@H](O)CC[C@@]4(C)C3C[C@@H](O)[C@]21C. The lowest BCUT2D eigenvalue weighted by Crippen LogP contribution is -2.62. The number of carbonyl (C=O) groups is 1. The lowest BCUT2D eigenvalue weighted by atomic mass is 9.43. The monoisotopic (exact) mass is 515 g/mol. The van der Waals surface area contributed by atoms with Gasteiger partial charge in [-0.2, -0.15) is 8.42 Å². The van der Waals surface area contributed by atoms with Crippen molar-refractivity contribution in [1.29, 1.82) is 0 Å². The van der Waals surface area contributed by atoms with Gasteiger partial charge in [-0.25, -0.2) is 0 Å². The topological polar surface area (TPSA) is 144 Å². The number of hydrogen-bond donors (Lipinski definition) is 5. The summed E-state index contributed by atoms with van der Waals surface area (Å²) in [4.78, 5) is 12.2. The minimum absolute atomic E-state index is 0.0509. The van der Waals surface area contributed by atoms with Crippen molar-refractivity contribution < 1.29 is 33.1 Å². The van der Waals surface area contributed by atoms with Crippen LogP contribution in [-0.4, -0.2) is 64.8 Å². The summed E-state index contributed by atoms with van der Waals surface area (Å²) in [6, 6.07) is 0. The third kappa shape index (κ3) is 5.05. The van der Waals surface area contributed by atoms with Gasteiger partial charge in [0.05, 0.1) is 24.1 Å². The molecule has 0 spiro atoms. The highest BCUT2D eigenvalue weighted by Crippen LogP contribution is 2.68. The number of nitrogens with one attached hydrogen (secondary N) is 1. The van der Waals surface area contributed by atoms with E-state index in [1.165, 1.54) is 0 Å². The molecule has 1 amide bonds. The number of aliphatic hydroxyl groups is 3. The van der Waals surface area contributed by atoms with Crippen LogP contribution in [-0.2, 0) is 14.9 Å². The van der Waals surface area contributed by atoms with Crippen molar-refractivity contribution in [2.75, 3.05) is 12.3 Å². The van der Waals surface area contributed by atoms with E-state index in [1.54, 1.807) is 0 Å². The fraction of sp³-hybridized carbons (Fsp3) is 0.962. The van der Waals surface area contributed by atoms with Crippen LogP contribution >= 0.6 is 0 Å². The number of hydrogen-bond acceptors (Lipinski definition) is 6. The average molecular weight is 516 g/mol. The normalized spacial score (nSPS) is 46.3. The molecule has 0 radical (unpaired) electrons. The summed E-state index contributed by atoms with van der Waals surface area (Å²) in [5.41, 5.74) is -0.254. The molecular weight excluding hydrogens is 470 g/mol. The van der Waals surface area contributed by atoms with Gasteiger partial charge in [-0.1, -0.05) is 20.8 Å². The van der Waals surface area contributed by atoms with Crippen LogP contribution in [0.25, 0.3) is 0 Å². The summed E-state index contributed by atoms with van der Waals surface area (Å²) in [5, 5.41) is 35.8. The van der Waals surface area contributed by atoms with Crippen molar-refractivity contribution in [1.82, 2.24) is 5.32 Å². The van der Waals surface area contributed by atoms with Crippen molar-refractivity contribution in [3.8, 4) is 0 Å². The maximum atomic E-state index is 12.2. The van der Waals surface area contributed by atoms with Gasteiger partial charge in [-0.15, -0.1) is 0 Å². The minimum Gasteiger partial charge on any atom is -0.393 e. The quantitative estimate of drug-likeness (QED) is 0.327. The van der Waals surface area contributed by atoms with E-state index in [4.69, 9.17) is 4.55 Å².